The lowest BCUT2D eigenvalue weighted by molar-refractivity contribution is 0.0348. The van der Waals surface area contributed by atoms with Crippen LogP contribution in [0.3, 0.4) is 0 Å². The van der Waals surface area contributed by atoms with Crippen molar-refractivity contribution >= 4 is 11.7 Å². The number of hydrogen-bond acceptors (Lipinski definition) is 5. The molecule has 6 nitrogen and oxygen atoms in total. The summed E-state index contributed by atoms with van der Waals surface area (Å²) in [7, 11) is 0. The predicted molar refractivity (Wildman–Crippen MR) is 90.6 cm³/mol. The Morgan fingerprint density at radius 1 is 1.25 bits per heavy atom. The third kappa shape index (κ3) is 3.83. The van der Waals surface area contributed by atoms with Crippen LogP contribution in [0, 0.1) is 5.92 Å². The Morgan fingerprint density at radius 3 is 2.75 bits per heavy atom. The number of nitrogen functional groups attached to an aromatic ring is 1. The number of nitrogens with zero attached hydrogens (tertiary/aromatic N) is 1. The number of carbonyl (C=O) groups is 1. The van der Waals surface area contributed by atoms with Gasteiger partial charge in [0.25, 0.3) is 5.91 Å². The number of aromatic nitrogens is 1. The molecule has 0 spiro atoms. The Balaban J connectivity index is 1.51. The van der Waals surface area contributed by atoms with E-state index < -0.39 is 6.10 Å². The molecular weight excluding hydrogens is 306 g/mol. The zero-order chi connectivity index (χ0) is 16.9. The van der Waals surface area contributed by atoms with Gasteiger partial charge < -0.3 is 20.9 Å². The number of rotatable bonds is 5. The lowest BCUT2D eigenvalue weighted by Gasteiger charge is -2.21. The van der Waals surface area contributed by atoms with Crippen LogP contribution in [0.4, 0.5) is 5.82 Å². The minimum absolute atomic E-state index is 0.0237. The first-order valence-corrected chi connectivity index (χ1v) is 8.03. The number of aliphatic hydroxyl groups is 1. The van der Waals surface area contributed by atoms with Crippen LogP contribution in [0.5, 0.6) is 5.75 Å². The van der Waals surface area contributed by atoms with Crippen molar-refractivity contribution in [3.63, 3.8) is 0 Å². The van der Waals surface area contributed by atoms with Gasteiger partial charge in [-0.2, -0.15) is 0 Å². The second-order valence-electron chi connectivity index (χ2n) is 5.98. The van der Waals surface area contributed by atoms with E-state index in [1.165, 1.54) is 6.20 Å². The van der Waals surface area contributed by atoms with E-state index in [1.807, 2.05) is 30.3 Å². The molecule has 0 aliphatic heterocycles. The fraction of sp³-hybridized carbons (Fsp3) is 0.333. The first-order chi connectivity index (χ1) is 11.6. The molecule has 0 unspecified atom stereocenters. The van der Waals surface area contributed by atoms with E-state index in [-0.39, 0.29) is 17.9 Å². The van der Waals surface area contributed by atoms with Crippen LogP contribution >= 0.6 is 0 Å². The molecule has 1 heterocycles. The van der Waals surface area contributed by atoms with Gasteiger partial charge in [0.2, 0.25) is 0 Å². The summed E-state index contributed by atoms with van der Waals surface area (Å²) in [6.07, 6.45) is 2.17. The lowest BCUT2D eigenvalue weighted by atomic mass is 10.1. The standard InChI is InChI=1S/C18H21N3O3/c19-16-9-7-13(11-20-16)18(23)21-10-12-6-8-15(17(12)22)24-14-4-2-1-3-5-14/h1-5,7,9,11-12,15,17,22H,6,8,10H2,(H2,19,20)(H,21,23)/t12-,15-,17-/m1/s1. The number of aliphatic hydroxyl groups excluding tert-OH is 1. The fourth-order valence-corrected chi connectivity index (χ4v) is 2.91. The predicted octanol–water partition coefficient (Wildman–Crippen LogP) is 1.61. The maximum Gasteiger partial charge on any atom is 0.252 e. The SMILES string of the molecule is Nc1ccc(C(=O)NC[C@H]2CC[C@@H](Oc3ccccc3)[C@@H]2O)cn1. The summed E-state index contributed by atoms with van der Waals surface area (Å²) in [5.74, 6) is 0.879. The zero-order valence-electron chi connectivity index (χ0n) is 13.3. The average Bonchev–Trinajstić information content (AvgIpc) is 2.94. The minimum atomic E-state index is -0.602. The molecule has 1 aliphatic carbocycles. The third-order valence-corrected chi connectivity index (χ3v) is 4.29. The van der Waals surface area contributed by atoms with E-state index in [1.54, 1.807) is 12.1 Å². The van der Waals surface area contributed by atoms with Crippen molar-refractivity contribution in [3.8, 4) is 5.75 Å². The van der Waals surface area contributed by atoms with Crippen molar-refractivity contribution in [2.24, 2.45) is 5.92 Å². The Morgan fingerprint density at radius 2 is 2.04 bits per heavy atom. The Kier molecular flexibility index (Phi) is 4.96. The van der Waals surface area contributed by atoms with Gasteiger partial charge in [-0.3, -0.25) is 4.79 Å². The molecule has 3 atom stereocenters. The molecule has 0 radical (unpaired) electrons. The van der Waals surface area contributed by atoms with Crippen molar-refractivity contribution < 1.29 is 14.6 Å². The van der Waals surface area contributed by atoms with E-state index in [9.17, 15) is 9.90 Å². The summed E-state index contributed by atoms with van der Waals surface area (Å²) < 4.78 is 5.84. The Hall–Kier alpha value is -2.60. The number of anilines is 1. The van der Waals surface area contributed by atoms with Crippen LogP contribution in [0.2, 0.25) is 0 Å². The number of benzene rings is 1. The van der Waals surface area contributed by atoms with Gasteiger partial charge in [0.1, 0.15) is 17.7 Å². The van der Waals surface area contributed by atoms with Gasteiger partial charge in [-0.15, -0.1) is 0 Å². The van der Waals surface area contributed by atoms with E-state index >= 15 is 0 Å². The molecule has 0 bridgehead atoms. The average molecular weight is 327 g/mol. The molecule has 1 amide bonds. The van der Waals surface area contributed by atoms with Gasteiger partial charge in [0.15, 0.2) is 0 Å². The molecule has 6 heteroatoms. The number of ether oxygens (including phenoxy) is 1. The van der Waals surface area contributed by atoms with Crippen molar-refractivity contribution in [2.45, 2.75) is 25.0 Å². The Labute approximate surface area is 140 Å². The topological polar surface area (TPSA) is 97.5 Å². The number of hydrogen-bond donors (Lipinski definition) is 3. The summed E-state index contributed by atoms with van der Waals surface area (Å²) in [6, 6.07) is 12.7. The van der Waals surface area contributed by atoms with Gasteiger partial charge in [0, 0.05) is 18.7 Å². The monoisotopic (exact) mass is 327 g/mol. The molecule has 1 aliphatic rings. The molecule has 24 heavy (non-hydrogen) atoms. The summed E-state index contributed by atoms with van der Waals surface area (Å²) in [5.41, 5.74) is 5.96. The largest absolute Gasteiger partial charge is 0.488 e. The van der Waals surface area contributed by atoms with E-state index in [2.05, 4.69) is 10.3 Å². The van der Waals surface area contributed by atoms with Crippen molar-refractivity contribution in [2.75, 3.05) is 12.3 Å². The molecule has 2 aromatic rings. The van der Waals surface area contributed by atoms with Gasteiger partial charge in [-0.05, 0) is 37.1 Å². The highest BCUT2D eigenvalue weighted by molar-refractivity contribution is 5.94. The highest BCUT2D eigenvalue weighted by Crippen LogP contribution is 2.29. The number of para-hydroxylation sites is 1. The van der Waals surface area contributed by atoms with Crippen molar-refractivity contribution in [1.82, 2.24) is 10.3 Å². The molecule has 126 valence electrons. The molecule has 0 saturated heterocycles. The molecule has 1 fully saturated rings. The maximum absolute atomic E-state index is 12.1. The normalized spacial score (nSPS) is 23.0. The van der Waals surface area contributed by atoms with Crippen LogP contribution < -0.4 is 15.8 Å². The number of nitrogens with two attached hydrogens (primary N) is 1. The van der Waals surface area contributed by atoms with E-state index in [0.29, 0.717) is 17.9 Å². The number of carbonyl (C=O) groups excluding carboxylic acids is 1. The molecule has 1 aromatic carbocycles. The van der Waals surface area contributed by atoms with Crippen LogP contribution in [0.1, 0.15) is 23.2 Å². The van der Waals surface area contributed by atoms with Gasteiger partial charge >= 0.3 is 0 Å². The fourth-order valence-electron chi connectivity index (χ4n) is 2.91. The van der Waals surface area contributed by atoms with Crippen molar-refractivity contribution in [1.29, 1.82) is 0 Å². The summed E-state index contributed by atoms with van der Waals surface area (Å²) in [4.78, 5) is 16.0. The van der Waals surface area contributed by atoms with E-state index in [4.69, 9.17) is 10.5 Å². The highest BCUT2D eigenvalue weighted by atomic mass is 16.5. The number of pyridine rings is 1. The second kappa shape index (κ2) is 7.31. The van der Waals surface area contributed by atoms with Crippen LogP contribution in [-0.2, 0) is 0 Å². The van der Waals surface area contributed by atoms with Crippen LogP contribution in [0.25, 0.3) is 0 Å². The van der Waals surface area contributed by atoms with Crippen LogP contribution in [-0.4, -0.2) is 34.8 Å². The smallest absolute Gasteiger partial charge is 0.252 e. The highest BCUT2D eigenvalue weighted by Gasteiger charge is 2.36. The summed E-state index contributed by atoms with van der Waals surface area (Å²) in [5, 5.41) is 13.3. The molecule has 4 N–H and O–H groups in total. The Bertz CT molecular complexity index is 676. The first-order valence-electron chi connectivity index (χ1n) is 8.03. The number of nitrogens with one attached hydrogen (secondary N) is 1. The molecular formula is C18H21N3O3. The van der Waals surface area contributed by atoms with Gasteiger partial charge in [0.05, 0.1) is 11.7 Å². The first kappa shape index (κ1) is 16.3. The quantitative estimate of drug-likeness (QED) is 0.775. The zero-order valence-corrected chi connectivity index (χ0v) is 13.3. The lowest BCUT2D eigenvalue weighted by Crippen LogP contribution is -2.37. The maximum atomic E-state index is 12.1. The molecule has 3 rings (SSSR count). The van der Waals surface area contributed by atoms with Gasteiger partial charge in [-0.1, -0.05) is 18.2 Å². The summed E-state index contributed by atoms with van der Waals surface area (Å²) in [6.45, 7) is 0.402. The van der Waals surface area contributed by atoms with Crippen molar-refractivity contribution in [3.05, 3.63) is 54.2 Å². The summed E-state index contributed by atoms with van der Waals surface area (Å²) >= 11 is 0. The molecule has 1 aromatic heterocycles. The van der Waals surface area contributed by atoms with E-state index in [0.717, 1.165) is 18.6 Å². The third-order valence-electron chi connectivity index (χ3n) is 4.29. The minimum Gasteiger partial charge on any atom is -0.488 e. The van der Waals surface area contributed by atoms with Gasteiger partial charge in [-0.25, -0.2) is 4.98 Å². The second-order valence-corrected chi connectivity index (χ2v) is 5.98. The number of amides is 1. The van der Waals surface area contributed by atoms with Crippen LogP contribution in [0.15, 0.2) is 48.7 Å². The molecule has 1 saturated carbocycles.